The number of amides is 4. The number of nitrogens with two attached hydrogens (primary N) is 2. The third-order valence-electron chi connectivity index (χ3n) is 4.12. The Balaban J connectivity index is 2.75. The second-order valence-electron chi connectivity index (χ2n) is 6.85. The summed E-state index contributed by atoms with van der Waals surface area (Å²) in [7, 11) is 0. The van der Waals surface area contributed by atoms with Crippen molar-refractivity contribution < 1.29 is 39.0 Å². The molecule has 4 atom stereocenters. The molecule has 0 bridgehead atoms. The van der Waals surface area contributed by atoms with Crippen LogP contribution in [0.2, 0.25) is 0 Å². The lowest BCUT2D eigenvalue weighted by molar-refractivity contribution is -0.144. The number of carbonyl (C=O) groups excluding carboxylic acids is 4. The Labute approximate surface area is 181 Å². The van der Waals surface area contributed by atoms with Gasteiger partial charge in [0.1, 0.15) is 18.1 Å². The van der Waals surface area contributed by atoms with E-state index in [1.165, 1.54) is 19.4 Å². The van der Waals surface area contributed by atoms with Gasteiger partial charge in [0.05, 0.1) is 25.2 Å². The van der Waals surface area contributed by atoms with Gasteiger partial charge in [-0.25, -0.2) is 9.78 Å². The standard InChI is InChI=1S/C17H25N7O8/c1-7(22-15(29)9(18)2-8-5-20-6-21-8)14(28)23-10(4-13(26)27)16(30)24-11(17(31)32)3-12(19)25/h5-7,9-11H,2-4,18H2,1H3,(H2,19,25)(H,20,21)(H,22,29)(H,23,28)(H,24,30)(H,26,27)(H,31,32). The van der Waals surface area contributed by atoms with Crippen LogP contribution < -0.4 is 27.4 Å². The minimum absolute atomic E-state index is 0.112. The second-order valence-corrected chi connectivity index (χ2v) is 6.85. The number of imidazole rings is 1. The summed E-state index contributed by atoms with van der Waals surface area (Å²) in [4.78, 5) is 76.6. The zero-order chi connectivity index (χ0) is 24.4. The highest BCUT2D eigenvalue weighted by atomic mass is 16.4. The van der Waals surface area contributed by atoms with Gasteiger partial charge in [0.2, 0.25) is 23.6 Å². The van der Waals surface area contributed by atoms with Crippen molar-refractivity contribution in [1.29, 1.82) is 0 Å². The Morgan fingerprint density at radius 2 is 1.62 bits per heavy atom. The molecule has 0 saturated heterocycles. The fourth-order valence-corrected chi connectivity index (χ4v) is 2.47. The van der Waals surface area contributed by atoms with Crippen LogP contribution in [0.25, 0.3) is 0 Å². The summed E-state index contributed by atoms with van der Waals surface area (Å²) in [5, 5.41) is 24.5. The Morgan fingerprint density at radius 3 is 2.12 bits per heavy atom. The number of H-pyrrole nitrogens is 1. The molecule has 15 nitrogen and oxygen atoms in total. The summed E-state index contributed by atoms with van der Waals surface area (Å²) in [5.74, 6) is -6.83. The number of carboxylic acid groups (broad SMARTS) is 2. The molecule has 0 spiro atoms. The first-order valence-electron chi connectivity index (χ1n) is 9.27. The average molecular weight is 455 g/mol. The van der Waals surface area contributed by atoms with Crippen molar-refractivity contribution in [2.75, 3.05) is 0 Å². The number of aromatic amines is 1. The maximum absolute atomic E-state index is 12.4. The number of nitrogens with one attached hydrogen (secondary N) is 4. The predicted octanol–water partition coefficient (Wildman–Crippen LogP) is -3.81. The molecule has 1 rings (SSSR count). The van der Waals surface area contributed by atoms with E-state index in [9.17, 15) is 28.8 Å². The van der Waals surface area contributed by atoms with Crippen LogP contribution in [0.5, 0.6) is 0 Å². The van der Waals surface area contributed by atoms with Crippen LogP contribution in [0.3, 0.4) is 0 Å². The lowest BCUT2D eigenvalue weighted by Crippen LogP contribution is -2.57. The monoisotopic (exact) mass is 455 g/mol. The third kappa shape index (κ3) is 8.78. The highest BCUT2D eigenvalue weighted by molar-refractivity contribution is 5.96. The van der Waals surface area contributed by atoms with E-state index in [1.54, 1.807) is 0 Å². The average Bonchev–Trinajstić information content (AvgIpc) is 3.18. The maximum Gasteiger partial charge on any atom is 0.326 e. The van der Waals surface area contributed by atoms with Crippen molar-refractivity contribution in [3.8, 4) is 0 Å². The molecule has 1 aromatic heterocycles. The minimum atomic E-state index is -1.72. The molecule has 1 heterocycles. The molecule has 0 aromatic carbocycles. The van der Waals surface area contributed by atoms with Crippen LogP contribution in [0.15, 0.2) is 12.5 Å². The van der Waals surface area contributed by atoms with Gasteiger partial charge in [-0.05, 0) is 6.92 Å². The molecule has 15 heteroatoms. The van der Waals surface area contributed by atoms with E-state index in [0.717, 1.165) is 0 Å². The molecule has 4 unspecified atom stereocenters. The molecule has 0 radical (unpaired) electrons. The molecule has 0 fully saturated rings. The first-order valence-corrected chi connectivity index (χ1v) is 9.27. The SMILES string of the molecule is CC(NC(=O)C(N)Cc1cnc[nH]1)C(=O)NC(CC(=O)O)C(=O)NC(CC(N)=O)C(=O)O. The van der Waals surface area contributed by atoms with Crippen molar-refractivity contribution >= 4 is 35.6 Å². The molecule has 0 aliphatic rings. The summed E-state index contributed by atoms with van der Waals surface area (Å²) < 4.78 is 0. The zero-order valence-electron chi connectivity index (χ0n) is 17.0. The van der Waals surface area contributed by atoms with Crippen LogP contribution in [0.4, 0.5) is 0 Å². The molecule has 176 valence electrons. The summed E-state index contributed by atoms with van der Waals surface area (Å²) in [6.07, 6.45) is 1.36. The third-order valence-corrected chi connectivity index (χ3v) is 4.12. The largest absolute Gasteiger partial charge is 0.481 e. The van der Waals surface area contributed by atoms with Gasteiger partial charge in [-0.2, -0.15) is 0 Å². The number of primary amides is 1. The van der Waals surface area contributed by atoms with Crippen LogP contribution in [-0.2, 0) is 35.2 Å². The molecular weight excluding hydrogens is 430 g/mol. The highest BCUT2D eigenvalue weighted by Gasteiger charge is 2.31. The molecule has 0 aliphatic heterocycles. The second kappa shape index (κ2) is 12.0. The number of carboxylic acids is 2. The molecule has 4 amide bonds. The smallest absolute Gasteiger partial charge is 0.326 e. The fourth-order valence-electron chi connectivity index (χ4n) is 2.47. The van der Waals surface area contributed by atoms with Gasteiger partial charge in [-0.1, -0.05) is 0 Å². The zero-order valence-corrected chi connectivity index (χ0v) is 17.0. The lowest BCUT2D eigenvalue weighted by atomic mass is 10.1. The van der Waals surface area contributed by atoms with E-state index in [1.807, 2.05) is 5.32 Å². The summed E-state index contributed by atoms with van der Waals surface area (Å²) >= 11 is 0. The van der Waals surface area contributed by atoms with Gasteiger partial charge in [-0.15, -0.1) is 0 Å². The van der Waals surface area contributed by atoms with E-state index < -0.39 is 72.6 Å². The van der Waals surface area contributed by atoms with Gasteiger partial charge < -0.3 is 42.6 Å². The van der Waals surface area contributed by atoms with Gasteiger partial charge >= 0.3 is 11.9 Å². The highest BCUT2D eigenvalue weighted by Crippen LogP contribution is 2.00. The van der Waals surface area contributed by atoms with Crippen molar-refractivity contribution in [2.45, 2.75) is 50.4 Å². The van der Waals surface area contributed by atoms with Crippen LogP contribution in [0.1, 0.15) is 25.5 Å². The fraction of sp³-hybridized carbons (Fsp3) is 0.471. The Hall–Kier alpha value is -4.01. The van der Waals surface area contributed by atoms with Crippen LogP contribution in [-0.4, -0.2) is 79.9 Å². The Bertz CT molecular complexity index is 857. The first kappa shape index (κ1) is 26.0. The van der Waals surface area contributed by atoms with Crippen LogP contribution >= 0.6 is 0 Å². The number of aromatic nitrogens is 2. The van der Waals surface area contributed by atoms with E-state index in [-0.39, 0.29) is 6.42 Å². The van der Waals surface area contributed by atoms with E-state index in [4.69, 9.17) is 21.7 Å². The number of rotatable bonds is 13. The normalized spacial score (nSPS) is 14.3. The van der Waals surface area contributed by atoms with E-state index in [0.29, 0.717) is 5.69 Å². The van der Waals surface area contributed by atoms with Crippen LogP contribution in [0, 0.1) is 0 Å². The number of nitrogens with zero attached hydrogens (tertiary/aromatic N) is 1. The quantitative estimate of drug-likeness (QED) is 0.144. The maximum atomic E-state index is 12.4. The first-order chi connectivity index (χ1) is 14.9. The summed E-state index contributed by atoms with van der Waals surface area (Å²) in [5.41, 5.74) is 11.3. The molecule has 1 aromatic rings. The molecule has 10 N–H and O–H groups in total. The van der Waals surface area contributed by atoms with Gasteiger partial charge in [0.25, 0.3) is 0 Å². The van der Waals surface area contributed by atoms with Gasteiger partial charge in [0, 0.05) is 18.3 Å². The molecule has 32 heavy (non-hydrogen) atoms. The van der Waals surface area contributed by atoms with Gasteiger partial charge in [-0.3, -0.25) is 24.0 Å². The van der Waals surface area contributed by atoms with E-state index in [2.05, 4.69) is 20.6 Å². The molecule has 0 saturated carbocycles. The van der Waals surface area contributed by atoms with Crippen molar-refractivity contribution in [1.82, 2.24) is 25.9 Å². The number of hydrogen-bond acceptors (Lipinski definition) is 8. The number of carbonyl (C=O) groups is 6. The summed E-state index contributed by atoms with van der Waals surface area (Å²) in [6, 6.07) is -5.63. The number of aliphatic carboxylic acids is 2. The predicted molar refractivity (Wildman–Crippen MR) is 105 cm³/mol. The van der Waals surface area contributed by atoms with Crippen molar-refractivity contribution in [2.24, 2.45) is 11.5 Å². The molecular formula is C17H25N7O8. The van der Waals surface area contributed by atoms with E-state index >= 15 is 0 Å². The van der Waals surface area contributed by atoms with Crippen molar-refractivity contribution in [3.63, 3.8) is 0 Å². The number of hydrogen-bond donors (Lipinski definition) is 8. The minimum Gasteiger partial charge on any atom is -0.481 e. The Morgan fingerprint density at radius 1 is 1.00 bits per heavy atom. The summed E-state index contributed by atoms with van der Waals surface area (Å²) in [6.45, 7) is 1.28. The van der Waals surface area contributed by atoms with Gasteiger partial charge in [0.15, 0.2) is 0 Å². The Kier molecular flexibility index (Phi) is 9.75. The topological polar surface area (TPSA) is 260 Å². The van der Waals surface area contributed by atoms with Crippen molar-refractivity contribution in [3.05, 3.63) is 18.2 Å². The lowest BCUT2D eigenvalue weighted by Gasteiger charge is -2.22. The molecule has 0 aliphatic carbocycles.